The Morgan fingerprint density at radius 3 is 2.28 bits per heavy atom. The average Bonchev–Trinajstić information content (AvgIpc) is 3.26. The van der Waals surface area contributed by atoms with Gasteiger partial charge in [-0.05, 0) is 36.2 Å². The van der Waals surface area contributed by atoms with Gasteiger partial charge in [-0.15, -0.1) is 10.2 Å². The molecule has 0 saturated carbocycles. The molecule has 0 spiro atoms. The highest BCUT2D eigenvalue weighted by molar-refractivity contribution is 7.15. The minimum atomic E-state index is -0.338. The first kappa shape index (κ1) is 18.9. The molecule has 0 aliphatic carbocycles. The lowest BCUT2D eigenvalue weighted by atomic mass is 10.1. The smallest absolute Gasteiger partial charge is 0.266 e. The van der Waals surface area contributed by atoms with Crippen LogP contribution in [0.4, 0.5) is 10.8 Å². The van der Waals surface area contributed by atoms with E-state index in [9.17, 15) is 14.4 Å². The molecule has 7 nitrogen and oxygen atoms in total. The summed E-state index contributed by atoms with van der Waals surface area (Å²) in [5.41, 5.74) is 2.05. The first-order chi connectivity index (χ1) is 14.1. The third kappa shape index (κ3) is 3.79. The van der Waals surface area contributed by atoms with Crippen molar-refractivity contribution in [2.75, 3.05) is 10.2 Å². The second-order valence-electron chi connectivity index (χ2n) is 6.63. The SMILES string of the molecule is CCCc1nnc(NC(=O)Cc2ccc(N3C(=O)c4ccccc4C3=O)cc2)s1. The fraction of sp³-hybridized carbons (Fsp3) is 0.190. The highest BCUT2D eigenvalue weighted by Crippen LogP contribution is 2.28. The molecule has 1 N–H and O–H groups in total. The summed E-state index contributed by atoms with van der Waals surface area (Å²) in [6, 6.07) is 13.6. The summed E-state index contributed by atoms with van der Waals surface area (Å²) in [6.07, 6.45) is 1.97. The lowest BCUT2D eigenvalue weighted by Gasteiger charge is -2.14. The predicted octanol–water partition coefficient (Wildman–Crippen LogP) is 3.47. The summed E-state index contributed by atoms with van der Waals surface area (Å²) >= 11 is 1.37. The molecule has 2 heterocycles. The molecule has 146 valence electrons. The summed E-state index contributed by atoms with van der Waals surface area (Å²) in [7, 11) is 0. The molecule has 8 heteroatoms. The number of hydrogen-bond donors (Lipinski definition) is 1. The number of carbonyl (C=O) groups is 3. The molecule has 0 unspecified atom stereocenters. The van der Waals surface area contributed by atoms with Gasteiger partial charge in [0.25, 0.3) is 11.8 Å². The van der Waals surface area contributed by atoms with Gasteiger partial charge < -0.3 is 5.32 Å². The Hall–Kier alpha value is -3.39. The largest absolute Gasteiger partial charge is 0.300 e. The van der Waals surface area contributed by atoms with E-state index in [-0.39, 0.29) is 24.1 Å². The summed E-state index contributed by atoms with van der Waals surface area (Å²) < 4.78 is 0. The summed E-state index contributed by atoms with van der Waals surface area (Å²) in [4.78, 5) is 38.5. The Labute approximate surface area is 171 Å². The van der Waals surface area contributed by atoms with Crippen molar-refractivity contribution in [1.82, 2.24) is 10.2 Å². The zero-order valence-electron chi connectivity index (χ0n) is 15.7. The number of carbonyl (C=O) groups excluding carboxylic acids is 3. The highest BCUT2D eigenvalue weighted by Gasteiger charge is 2.36. The Kier molecular flexibility index (Phi) is 5.18. The number of nitrogens with zero attached hydrogens (tertiary/aromatic N) is 3. The van der Waals surface area contributed by atoms with Gasteiger partial charge in [-0.1, -0.05) is 42.5 Å². The van der Waals surface area contributed by atoms with Crippen LogP contribution < -0.4 is 10.2 Å². The van der Waals surface area contributed by atoms with Crippen molar-refractivity contribution < 1.29 is 14.4 Å². The van der Waals surface area contributed by atoms with E-state index in [0.717, 1.165) is 28.3 Å². The van der Waals surface area contributed by atoms with Gasteiger partial charge in [0.05, 0.1) is 23.2 Å². The molecule has 4 rings (SSSR count). The Balaban J connectivity index is 1.42. The van der Waals surface area contributed by atoms with Crippen LogP contribution in [0, 0.1) is 0 Å². The van der Waals surface area contributed by atoms with Crippen LogP contribution in [-0.2, 0) is 17.6 Å². The maximum absolute atomic E-state index is 12.6. The van der Waals surface area contributed by atoms with Crippen LogP contribution in [0.5, 0.6) is 0 Å². The first-order valence-corrected chi connectivity index (χ1v) is 10.1. The fourth-order valence-electron chi connectivity index (χ4n) is 3.15. The van der Waals surface area contributed by atoms with E-state index in [1.165, 1.54) is 11.3 Å². The zero-order valence-corrected chi connectivity index (χ0v) is 16.5. The van der Waals surface area contributed by atoms with Crippen LogP contribution in [-0.4, -0.2) is 27.9 Å². The number of benzene rings is 2. The molecular formula is C21H18N4O3S. The number of amides is 3. The van der Waals surface area contributed by atoms with Crippen molar-refractivity contribution >= 4 is 39.9 Å². The van der Waals surface area contributed by atoms with E-state index in [1.54, 1.807) is 48.5 Å². The van der Waals surface area contributed by atoms with E-state index in [4.69, 9.17) is 0 Å². The molecule has 0 bridgehead atoms. The van der Waals surface area contributed by atoms with Crippen LogP contribution in [0.25, 0.3) is 0 Å². The normalized spacial score (nSPS) is 12.9. The van der Waals surface area contributed by atoms with Crippen LogP contribution in [0.15, 0.2) is 48.5 Å². The van der Waals surface area contributed by atoms with Gasteiger partial charge >= 0.3 is 0 Å². The molecule has 1 aliphatic heterocycles. The van der Waals surface area contributed by atoms with E-state index in [0.29, 0.717) is 21.9 Å². The molecule has 0 fully saturated rings. The van der Waals surface area contributed by atoms with Gasteiger partial charge in [-0.3, -0.25) is 14.4 Å². The average molecular weight is 406 g/mol. The topological polar surface area (TPSA) is 92.3 Å². The van der Waals surface area contributed by atoms with E-state index >= 15 is 0 Å². The molecule has 1 aliphatic rings. The standard InChI is InChI=1S/C21H18N4O3S/c1-2-5-18-23-24-21(29-18)22-17(26)12-13-8-10-14(11-9-13)25-19(27)15-6-3-4-7-16(15)20(25)28/h3-4,6-11H,2,5,12H2,1H3,(H,22,24,26). The minimum absolute atomic E-state index is 0.158. The van der Waals surface area contributed by atoms with Crippen molar-refractivity contribution in [3.63, 3.8) is 0 Å². The zero-order chi connectivity index (χ0) is 20.4. The lowest BCUT2D eigenvalue weighted by Crippen LogP contribution is -2.29. The molecular weight excluding hydrogens is 388 g/mol. The van der Waals surface area contributed by atoms with Crippen molar-refractivity contribution in [2.45, 2.75) is 26.2 Å². The fourth-order valence-corrected chi connectivity index (χ4v) is 4.01. The highest BCUT2D eigenvalue weighted by atomic mass is 32.1. The molecule has 0 radical (unpaired) electrons. The van der Waals surface area contributed by atoms with Crippen LogP contribution in [0.1, 0.15) is 44.6 Å². The van der Waals surface area contributed by atoms with Gasteiger partial charge in [0, 0.05) is 6.42 Å². The Bertz CT molecular complexity index is 1060. The van der Waals surface area contributed by atoms with Crippen molar-refractivity contribution in [2.24, 2.45) is 0 Å². The van der Waals surface area contributed by atoms with Crippen LogP contribution in [0.3, 0.4) is 0 Å². The third-order valence-corrected chi connectivity index (χ3v) is 5.43. The Morgan fingerprint density at radius 2 is 1.66 bits per heavy atom. The second-order valence-corrected chi connectivity index (χ2v) is 7.70. The third-order valence-electron chi connectivity index (χ3n) is 4.53. The number of hydrogen-bond acceptors (Lipinski definition) is 6. The van der Waals surface area contributed by atoms with E-state index in [2.05, 4.69) is 22.4 Å². The maximum atomic E-state index is 12.6. The van der Waals surface area contributed by atoms with Crippen molar-refractivity contribution in [1.29, 1.82) is 0 Å². The number of anilines is 2. The predicted molar refractivity (Wildman–Crippen MR) is 110 cm³/mol. The van der Waals surface area contributed by atoms with Gasteiger partial charge in [0.15, 0.2) is 0 Å². The Morgan fingerprint density at radius 1 is 1.00 bits per heavy atom. The number of imide groups is 1. The summed E-state index contributed by atoms with van der Waals surface area (Å²) in [5, 5.41) is 12.1. The van der Waals surface area contributed by atoms with Crippen LogP contribution >= 0.6 is 11.3 Å². The number of aryl methyl sites for hydroxylation is 1. The monoisotopic (exact) mass is 406 g/mol. The van der Waals surface area contributed by atoms with E-state index in [1.807, 2.05) is 0 Å². The number of fused-ring (bicyclic) bond motifs is 1. The molecule has 29 heavy (non-hydrogen) atoms. The van der Waals surface area contributed by atoms with Gasteiger partial charge in [0.2, 0.25) is 11.0 Å². The minimum Gasteiger partial charge on any atom is -0.300 e. The van der Waals surface area contributed by atoms with Crippen LogP contribution in [0.2, 0.25) is 0 Å². The molecule has 3 aromatic rings. The van der Waals surface area contributed by atoms with Gasteiger partial charge in [0.1, 0.15) is 5.01 Å². The summed E-state index contributed by atoms with van der Waals surface area (Å²) in [6.45, 7) is 2.06. The number of rotatable bonds is 6. The quantitative estimate of drug-likeness (QED) is 0.633. The molecule has 0 saturated heterocycles. The maximum Gasteiger partial charge on any atom is 0.266 e. The van der Waals surface area contributed by atoms with Crippen molar-refractivity contribution in [3.05, 3.63) is 70.2 Å². The summed E-state index contributed by atoms with van der Waals surface area (Å²) in [5.74, 6) is -0.872. The van der Waals surface area contributed by atoms with Crippen molar-refractivity contribution in [3.8, 4) is 0 Å². The number of aromatic nitrogens is 2. The number of nitrogens with one attached hydrogen (secondary N) is 1. The second kappa shape index (κ2) is 7.92. The van der Waals surface area contributed by atoms with Gasteiger partial charge in [-0.25, -0.2) is 4.90 Å². The molecule has 3 amide bonds. The van der Waals surface area contributed by atoms with E-state index < -0.39 is 0 Å². The molecule has 2 aromatic carbocycles. The molecule has 1 aromatic heterocycles. The lowest BCUT2D eigenvalue weighted by molar-refractivity contribution is -0.115. The van der Waals surface area contributed by atoms with Gasteiger partial charge in [-0.2, -0.15) is 0 Å². The first-order valence-electron chi connectivity index (χ1n) is 9.26. The molecule has 0 atom stereocenters.